The van der Waals surface area contributed by atoms with Gasteiger partial charge in [-0.1, -0.05) is 31.3 Å². The standard InChI is InChI=1S/C26H26N4O5S2/c1-3-29(4-2)37(32,33)20-9-7-19(8-10-20)25(31)30(17-18-6-5-11-27-16-18)26-28-21-14-22-23(15-24(21)36-26)35-13-12-34-22/h5-11,14-16H,3-4,12-13,17H2,1-2H3. The number of aromatic nitrogens is 2. The predicted molar refractivity (Wildman–Crippen MR) is 142 cm³/mol. The van der Waals surface area contributed by atoms with Crippen molar-refractivity contribution in [2.75, 3.05) is 31.2 Å². The molecule has 9 nitrogen and oxygen atoms in total. The Bertz CT molecular complexity index is 1480. The number of carbonyl (C=O) groups excluding carboxylic acids is 1. The molecule has 11 heteroatoms. The van der Waals surface area contributed by atoms with Crippen molar-refractivity contribution in [2.45, 2.75) is 25.3 Å². The van der Waals surface area contributed by atoms with E-state index in [0.29, 0.717) is 54.0 Å². The number of rotatable bonds is 8. The summed E-state index contributed by atoms with van der Waals surface area (Å²) < 4.78 is 39.4. The zero-order valence-electron chi connectivity index (χ0n) is 20.5. The maximum Gasteiger partial charge on any atom is 0.260 e. The quantitative estimate of drug-likeness (QED) is 0.329. The number of sulfonamides is 1. The van der Waals surface area contributed by atoms with E-state index in [0.717, 1.165) is 10.3 Å². The lowest BCUT2D eigenvalue weighted by molar-refractivity contribution is 0.0985. The first-order chi connectivity index (χ1) is 17.9. The predicted octanol–water partition coefficient (Wildman–Crippen LogP) is 4.34. The molecule has 2 aromatic heterocycles. The molecule has 1 aliphatic heterocycles. The molecule has 0 aliphatic carbocycles. The minimum atomic E-state index is -3.62. The van der Waals surface area contributed by atoms with Crippen molar-refractivity contribution >= 4 is 42.6 Å². The summed E-state index contributed by atoms with van der Waals surface area (Å²) in [6.45, 7) is 5.53. The van der Waals surface area contributed by atoms with Gasteiger partial charge in [0.25, 0.3) is 5.91 Å². The van der Waals surface area contributed by atoms with Crippen LogP contribution in [-0.2, 0) is 16.6 Å². The SMILES string of the molecule is CCN(CC)S(=O)(=O)c1ccc(C(=O)N(Cc2cccnc2)c2nc3cc4c(cc3s2)OCCO4)cc1. The van der Waals surface area contributed by atoms with Gasteiger partial charge in [-0.25, -0.2) is 13.4 Å². The lowest BCUT2D eigenvalue weighted by atomic mass is 10.2. The molecule has 192 valence electrons. The minimum Gasteiger partial charge on any atom is -0.486 e. The summed E-state index contributed by atoms with van der Waals surface area (Å²) in [6, 6.07) is 13.4. The zero-order chi connectivity index (χ0) is 26.0. The van der Waals surface area contributed by atoms with Crippen molar-refractivity contribution in [1.29, 1.82) is 0 Å². The smallest absolute Gasteiger partial charge is 0.260 e. The zero-order valence-corrected chi connectivity index (χ0v) is 22.1. The Balaban J connectivity index is 1.51. The molecule has 5 rings (SSSR count). The van der Waals surface area contributed by atoms with Crippen molar-refractivity contribution in [3.05, 3.63) is 72.1 Å². The van der Waals surface area contributed by atoms with Crippen LogP contribution in [0, 0.1) is 0 Å². The van der Waals surface area contributed by atoms with Crippen molar-refractivity contribution in [1.82, 2.24) is 14.3 Å². The molecule has 0 saturated heterocycles. The number of fused-ring (bicyclic) bond motifs is 2. The summed E-state index contributed by atoms with van der Waals surface area (Å²) in [4.78, 5) is 24.4. The Hall–Kier alpha value is -3.54. The summed E-state index contributed by atoms with van der Waals surface area (Å²) in [5.74, 6) is 0.988. The van der Waals surface area contributed by atoms with Crippen LogP contribution in [-0.4, -0.2) is 54.9 Å². The second kappa shape index (κ2) is 10.4. The van der Waals surface area contributed by atoms with E-state index in [4.69, 9.17) is 14.5 Å². The van der Waals surface area contributed by atoms with Crippen LogP contribution >= 0.6 is 11.3 Å². The van der Waals surface area contributed by atoms with Crippen LogP contribution in [0.15, 0.2) is 65.8 Å². The van der Waals surface area contributed by atoms with E-state index in [2.05, 4.69) is 4.98 Å². The van der Waals surface area contributed by atoms with Crippen LogP contribution < -0.4 is 14.4 Å². The molecule has 0 bridgehead atoms. The average Bonchev–Trinajstić information content (AvgIpc) is 3.33. The molecule has 0 saturated carbocycles. The van der Waals surface area contributed by atoms with Crippen LogP contribution in [0.5, 0.6) is 11.5 Å². The van der Waals surface area contributed by atoms with Gasteiger partial charge in [-0.15, -0.1) is 0 Å². The second-order valence-corrected chi connectivity index (χ2v) is 11.3. The number of thiazole rings is 1. The molecule has 4 aromatic rings. The van der Waals surface area contributed by atoms with E-state index in [1.54, 1.807) is 43.3 Å². The summed E-state index contributed by atoms with van der Waals surface area (Å²) in [7, 11) is -3.62. The van der Waals surface area contributed by atoms with Gasteiger partial charge in [0.05, 0.1) is 21.7 Å². The number of anilines is 1. The number of benzene rings is 2. The number of hydrogen-bond acceptors (Lipinski definition) is 8. The molecule has 37 heavy (non-hydrogen) atoms. The van der Waals surface area contributed by atoms with Gasteiger partial charge >= 0.3 is 0 Å². The van der Waals surface area contributed by atoms with E-state index in [1.165, 1.54) is 27.8 Å². The van der Waals surface area contributed by atoms with Crippen LogP contribution in [0.4, 0.5) is 5.13 Å². The van der Waals surface area contributed by atoms with Gasteiger partial charge < -0.3 is 9.47 Å². The number of hydrogen-bond donors (Lipinski definition) is 0. The second-order valence-electron chi connectivity index (χ2n) is 8.33. The fraction of sp³-hybridized carbons (Fsp3) is 0.269. The van der Waals surface area contributed by atoms with Gasteiger partial charge in [0.15, 0.2) is 16.6 Å². The summed E-state index contributed by atoms with van der Waals surface area (Å²) >= 11 is 1.37. The van der Waals surface area contributed by atoms with Crippen LogP contribution in [0.3, 0.4) is 0 Å². The first-order valence-electron chi connectivity index (χ1n) is 11.9. The lowest BCUT2D eigenvalue weighted by Crippen LogP contribution is -2.31. The maximum absolute atomic E-state index is 13.8. The molecule has 2 aromatic carbocycles. The summed E-state index contributed by atoms with van der Waals surface area (Å²) in [5.41, 5.74) is 1.89. The maximum atomic E-state index is 13.8. The number of pyridine rings is 1. The van der Waals surface area contributed by atoms with Crippen molar-refractivity contribution < 1.29 is 22.7 Å². The van der Waals surface area contributed by atoms with Crippen molar-refractivity contribution in [2.24, 2.45) is 0 Å². The first-order valence-corrected chi connectivity index (χ1v) is 14.2. The lowest BCUT2D eigenvalue weighted by Gasteiger charge is -2.21. The average molecular weight is 539 g/mol. The molecule has 0 atom stereocenters. The van der Waals surface area contributed by atoms with E-state index < -0.39 is 10.0 Å². The van der Waals surface area contributed by atoms with E-state index >= 15 is 0 Å². The largest absolute Gasteiger partial charge is 0.486 e. The third kappa shape index (κ3) is 5.02. The number of carbonyl (C=O) groups is 1. The molecular formula is C26H26N4O5S2. The third-order valence-electron chi connectivity index (χ3n) is 6.03. The van der Waals surface area contributed by atoms with E-state index in [9.17, 15) is 13.2 Å². The molecule has 0 N–H and O–H groups in total. The molecule has 1 amide bonds. The van der Waals surface area contributed by atoms with E-state index in [-0.39, 0.29) is 17.3 Å². The monoisotopic (exact) mass is 538 g/mol. The highest BCUT2D eigenvalue weighted by molar-refractivity contribution is 7.89. The van der Waals surface area contributed by atoms with Gasteiger partial charge in [-0.05, 0) is 35.9 Å². The Morgan fingerprint density at radius 2 is 1.73 bits per heavy atom. The Morgan fingerprint density at radius 3 is 2.38 bits per heavy atom. The molecule has 0 unspecified atom stereocenters. The number of amides is 1. The topological polar surface area (TPSA) is 102 Å². The highest BCUT2D eigenvalue weighted by Gasteiger charge is 2.25. The van der Waals surface area contributed by atoms with Crippen LogP contribution in [0.1, 0.15) is 29.8 Å². The highest BCUT2D eigenvalue weighted by Crippen LogP contribution is 2.39. The minimum absolute atomic E-state index is 0.150. The Labute approximate surface area is 219 Å². The first kappa shape index (κ1) is 25.1. The molecule has 0 fully saturated rings. The fourth-order valence-electron chi connectivity index (χ4n) is 4.11. The molecule has 3 heterocycles. The number of nitrogens with zero attached hydrogens (tertiary/aromatic N) is 4. The molecule has 1 aliphatic rings. The van der Waals surface area contributed by atoms with Crippen LogP contribution in [0.25, 0.3) is 10.2 Å². The van der Waals surface area contributed by atoms with Crippen molar-refractivity contribution in [3.63, 3.8) is 0 Å². The van der Waals surface area contributed by atoms with Crippen LogP contribution in [0.2, 0.25) is 0 Å². The third-order valence-corrected chi connectivity index (χ3v) is 9.13. The molecular weight excluding hydrogens is 512 g/mol. The molecule has 0 radical (unpaired) electrons. The number of ether oxygens (including phenoxy) is 2. The summed E-state index contributed by atoms with van der Waals surface area (Å²) in [5, 5.41) is 0.506. The Morgan fingerprint density at radius 1 is 1.03 bits per heavy atom. The van der Waals surface area contributed by atoms with Gasteiger partial charge in [0.2, 0.25) is 10.0 Å². The molecule has 0 spiro atoms. The van der Waals surface area contributed by atoms with E-state index in [1.807, 2.05) is 24.3 Å². The van der Waals surface area contributed by atoms with Gasteiger partial charge in [-0.3, -0.25) is 14.7 Å². The van der Waals surface area contributed by atoms with Gasteiger partial charge in [-0.2, -0.15) is 4.31 Å². The van der Waals surface area contributed by atoms with Crippen molar-refractivity contribution in [3.8, 4) is 11.5 Å². The normalized spacial score (nSPS) is 13.2. The van der Waals surface area contributed by atoms with Gasteiger partial charge in [0, 0.05) is 43.2 Å². The Kier molecular flexibility index (Phi) is 7.09. The summed E-state index contributed by atoms with van der Waals surface area (Å²) in [6.07, 6.45) is 3.38. The highest BCUT2D eigenvalue weighted by atomic mass is 32.2. The van der Waals surface area contributed by atoms with Gasteiger partial charge in [0.1, 0.15) is 13.2 Å². The fourth-order valence-corrected chi connectivity index (χ4v) is 6.54.